The Morgan fingerprint density at radius 1 is 1.53 bits per heavy atom. The molecule has 2 N–H and O–H groups in total. The van der Waals surface area contributed by atoms with E-state index in [4.69, 9.17) is 0 Å². The summed E-state index contributed by atoms with van der Waals surface area (Å²) in [5, 5.41) is 9.05. The summed E-state index contributed by atoms with van der Waals surface area (Å²) in [6.07, 6.45) is 2.56. The predicted molar refractivity (Wildman–Crippen MR) is 69.4 cm³/mol. The molecule has 1 unspecified atom stereocenters. The zero-order chi connectivity index (χ0) is 10.7. The summed E-state index contributed by atoms with van der Waals surface area (Å²) in [7, 11) is 2.07. The minimum atomic E-state index is 0.531. The van der Waals surface area contributed by atoms with Gasteiger partial charge in [0.1, 0.15) is 0 Å². The van der Waals surface area contributed by atoms with Crippen LogP contribution in [0.5, 0.6) is 0 Å². The lowest BCUT2D eigenvalue weighted by Crippen LogP contribution is -2.34. The Morgan fingerprint density at radius 3 is 2.80 bits per heavy atom. The molecule has 0 amide bonds. The normalized spacial score (nSPS) is 20.4. The van der Waals surface area contributed by atoms with Crippen molar-refractivity contribution in [1.29, 1.82) is 0 Å². The lowest BCUT2D eigenvalue weighted by molar-refractivity contribution is 0.297. The van der Waals surface area contributed by atoms with Crippen molar-refractivity contribution in [2.45, 2.75) is 18.9 Å². The van der Waals surface area contributed by atoms with E-state index in [1.807, 2.05) is 11.3 Å². The average Bonchev–Trinajstić information content (AvgIpc) is 2.68. The van der Waals surface area contributed by atoms with E-state index >= 15 is 0 Å². The molecule has 84 valence electrons. The van der Waals surface area contributed by atoms with Crippen LogP contribution in [-0.2, 0) is 0 Å². The van der Waals surface area contributed by atoms with Gasteiger partial charge in [0.15, 0.2) is 0 Å². The second-order valence-corrected chi connectivity index (χ2v) is 5.88. The summed E-state index contributed by atoms with van der Waals surface area (Å²) >= 11 is 5.37. The first kappa shape index (κ1) is 11.6. The number of hydrogen-bond acceptors (Lipinski definition) is 3. The third kappa shape index (κ3) is 2.81. The fraction of sp³-hybridized carbons (Fsp3) is 0.636. The van der Waals surface area contributed by atoms with Gasteiger partial charge in [-0.25, -0.2) is 0 Å². The van der Waals surface area contributed by atoms with Gasteiger partial charge in [0.05, 0.1) is 0 Å². The first-order valence-electron chi connectivity index (χ1n) is 5.43. The largest absolute Gasteiger partial charge is 0.317 e. The Morgan fingerprint density at radius 2 is 2.27 bits per heavy atom. The zero-order valence-electron chi connectivity index (χ0n) is 8.92. The van der Waals surface area contributed by atoms with E-state index < -0.39 is 0 Å². The minimum Gasteiger partial charge on any atom is -0.317 e. The van der Waals surface area contributed by atoms with E-state index in [1.54, 1.807) is 0 Å². The van der Waals surface area contributed by atoms with E-state index in [9.17, 15) is 0 Å². The minimum absolute atomic E-state index is 0.531. The average molecular weight is 289 g/mol. The Hall–Kier alpha value is 0.1000. The van der Waals surface area contributed by atoms with Crippen molar-refractivity contribution in [3.05, 3.63) is 20.8 Å². The monoisotopic (exact) mass is 288 g/mol. The van der Waals surface area contributed by atoms with Crippen molar-refractivity contribution in [3.63, 3.8) is 0 Å². The van der Waals surface area contributed by atoms with Gasteiger partial charge in [0, 0.05) is 20.8 Å². The summed E-state index contributed by atoms with van der Waals surface area (Å²) < 4.78 is 1.21. The van der Waals surface area contributed by atoms with Crippen LogP contribution in [0.3, 0.4) is 0 Å². The Labute approximate surface area is 104 Å². The highest BCUT2D eigenvalue weighted by Crippen LogP contribution is 2.33. The summed E-state index contributed by atoms with van der Waals surface area (Å²) in [6.45, 7) is 2.32. The molecule has 1 aliphatic rings. The maximum absolute atomic E-state index is 3.52. The topological polar surface area (TPSA) is 24.1 Å². The molecule has 0 radical (unpaired) electrons. The molecular weight excluding hydrogens is 272 g/mol. The highest BCUT2D eigenvalue weighted by molar-refractivity contribution is 9.10. The molecule has 1 atom stereocenters. The van der Waals surface area contributed by atoms with Crippen molar-refractivity contribution in [2.24, 2.45) is 5.92 Å². The number of halogens is 1. The van der Waals surface area contributed by atoms with Gasteiger partial charge in [-0.15, -0.1) is 11.3 Å². The zero-order valence-corrected chi connectivity index (χ0v) is 11.3. The van der Waals surface area contributed by atoms with Crippen molar-refractivity contribution in [1.82, 2.24) is 10.6 Å². The van der Waals surface area contributed by atoms with Crippen LogP contribution < -0.4 is 10.6 Å². The van der Waals surface area contributed by atoms with Crippen LogP contribution in [0.4, 0.5) is 0 Å². The Balaban J connectivity index is 2.08. The van der Waals surface area contributed by atoms with Crippen molar-refractivity contribution in [3.8, 4) is 0 Å². The molecule has 0 spiro atoms. The third-order valence-corrected chi connectivity index (χ3v) is 4.84. The lowest BCUT2D eigenvalue weighted by Gasteiger charge is -2.29. The molecule has 1 aromatic heterocycles. The SMILES string of the molecule is CNC(c1cc(Br)cs1)C1CCNCC1. The van der Waals surface area contributed by atoms with Gasteiger partial charge in [-0.3, -0.25) is 0 Å². The number of rotatable bonds is 3. The smallest absolute Gasteiger partial charge is 0.0442 e. The van der Waals surface area contributed by atoms with Gasteiger partial charge in [-0.1, -0.05) is 0 Å². The number of piperidine rings is 1. The van der Waals surface area contributed by atoms with E-state index in [0.717, 1.165) is 19.0 Å². The second kappa shape index (κ2) is 5.43. The fourth-order valence-corrected chi connectivity index (χ4v) is 3.93. The number of nitrogens with one attached hydrogen (secondary N) is 2. The van der Waals surface area contributed by atoms with E-state index in [-0.39, 0.29) is 0 Å². The van der Waals surface area contributed by atoms with Gasteiger partial charge >= 0.3 is 0 Å². The van der Waals surface area contributed by atoms with Crippen molar-refractivity contribution >= 4 is 27.3 Å². The fourth-order valence-electron chi connectivity index (χ4n) is 2.28. The quantitative estimate of drug-likeness (QED) is 0.894. The molecule has 15 heavy (non-hydrogen) atoms. The molecule has 1 aliphatic heterocycles. The van der Waals surface area contributed by atoms with Crippen LogP contribution in [-0.4, -0.2) is 20.1 Å². The van der Waals surface area contributed by atoms with Crippen LogP contribution in [0.25, 0.3) is 0 Å². The molecule has 2 nitrogen and oxygen atoms in total. The molecule has 1 fully saturated rings. The van der Waals surface area contributed by atoms with E-state index in [1.165, 1.54) is 22.2 Å². The van der Waals surface area contributed by atoms with Crippen LogP contribution >= 0.6 is 27.3 Å². The first-order chi connectivity index (χ1) is 7.31. The molecule has 4 heteroatoms. The maximum Gasteiger partial charge on any atom is 0.0442 e. The van der Waals surface area contributed by atoms with Crippen LogP contribution in [0.15, 0.2) is 15.9 Å². The molecule has 0 aliphatic carbocycles. The molecule has 2 heterocycles. The van der Waals surface area contributed by atoms with Crippen LogP contribution in [0.2, 0.25) is 0 Å². The molecule has 2 rings (SSSR count). The highest BCUT2D eigenvalue weighted by Gasteiger charge is 2.24. The molecule has 0 aromatic carbocycles. The highest BCUT2D eigenvalue weighted by atomic mass is 79.9. The standard InChI is InChI=1S/C11H17BrN2S/c1-13-11(8-2-4-14-5-3-8)10-6-9(12)7-15-10/h6-8,11,13-14H,2-5H2,1H3. The lowest BCUT2D eigenvalue weighted by atomic mass is 9.89. The van der Waals surface area contributed by atoms with E-state index in [0.29, 0.717) is 6.04 Å². The molecule has 0 bridgehead atoms. The summed E-state index contributed by atoms with van der Waals surface area (Å²) in [5.41, 5.74) is 0. The summed E-state index contributed by atoms with van der Waals surface area (Å²) in [5.74, 6) is 0.779. The Kier molecular flexibility index (Phi) is 4.20. The van der Waals surface area contributed by atoms with Crippen molar-refractivity contribution in [2.75, 3.05) is 20.1 Å². The second-order valence-electron chi connectivity index (χ2n) is 4.02. The van der Waals surface area contributed by atoms with Gasteiger partial charge < -0.3 is 10.6 Å². The van der Waals surface area contributed by atoms with Crippen molar-refractivity contribution < 1.29 is 0 Å². The predicted octanol–water partition coefficient (Wildman–Crippen LogP) is 2.77. The molecule has 0 saturated carbocycles. The van der Waals surface area contributed by atoms with Crippen LogP contribution in [0, 0.1) is 5.92 Å². The Bertz CT molecular complexity index is 307. The van der Waals surface area contributed by atoms with Gasteiger partial charge in [0.2, 0.25) is 0 Å². The first-order valence-corrected chi connectivity index (χ1v) is 7.10. The molecular formula is C11H17BrN2S. The third-order valence-electron chi connectivity index (χ3n) is 3.06. The molecule has 1 aromatic rings. The van der Waals surface area contributed by atoms with Gasteiger partial charge in [-0.2, -0.15) is 0 Å². The number of hydrogen-bond donors (Lipinski definition) is 2. The van der Waals surface area contributed by atoms with Gasteiger partial charge in [-0.05, 0) is 60.9 Å². The van der Waals surface area contributed by atoms with E-state index in [2.05, 4.69) is 45.1 Å². The van der Waals surface area contributed by atoms with Crippen LogP contribution in [0.1, 0.15) is 23.8 Å². The molecule has 1 saturated heterocycles. The van der Waals surface area contributed by atoms with Gasteiger partial charge in [0.25, 0.3) is 0 Å². The summed E-state index contributed by atoms with van der Waals surface area (Å²) in [6, 6.07) is 2.77. The maximum atomic E-state index is 3.52. The summed E-state index contributed by atoms with van der Waals surface area (Å²) in [4.78, 5) is 1.45. The number of thiophene rings is 1.